The van der Waals surface area contributed by atoms with Gasteiger partial charge in [-0.05, 0) is 67.8 Å². The smallest absolute Gasteiger partial charge is 0.00103 e. The molecule has 0 bridgehead atoms. The minimum absolute atomic E-state index is 0.609. The van der Waals surface area contributed by atoms with Crippen molar-refractivity contribution in [2.75, 3.05) is 19.6 Å². The highest BCUT2D eigenvalue weighted by Crippen LogP contribution is 2.59. The maximum absolute atomic E-state index is 3.67. The largest absolute Gasteiger partial charge is 0.316 e. The number of hydrogen-bond acceptors (Lipinski definition) is 2. The minimum Gasteiger partial charge on any atom is -0.316 e. The van der Waals surface area contributed by atoms with E-state index in [4.69, 9.17) is 0 Å². The first kappa shape index (κ1) is 14.1. The summed E-state index contributed by atoms with van der Waals surface area (Å²) in [5.41, 5.74) is 3.26. The minimum atomic E-state index is 0.609. The first-order valence-electron chi connectivity index (χ1n) is 8.29. The molecule has 0 amide bonds. The van der Waals surface area contributed by atoms with E-state index in [2.05, 4.69) is 48.7 Å². The Labute approximate surface area is 123 Å². The van der Waals surface area contributed by atoms with Gasteiger partial charge in [0.05, 0.1) is 0 Å². The van der Waals surface area contributed by atoms with E-state index in [0.29, 0.717) is 6.04 Å². The fraction of sp³-hybridized carbons (Fsp3) is 0.667. The lowest BCUT2D eigenvalue weighted by molar-refractivity contribution is 0.529. The highest BCUT2D eigenvalue weighted by atomic mass is 14.9. The number of hydrogen-bond donors (Lipinski definition) is 2. The molecule has 1 saturated carbocycles. The molecule has 20 heavy (non-hydrogen) atoms. The number of benzene rings is 1. The van der Waals surface area contributed by atoms with Crippen LogP contribution in [0.5, 0.6) is 0 Å². The predicted octanol–water partition coefficient (Wildman–Crippen LogP) is 2.94. The molecule has 2 nitrogen and oxygen atoms in total. The Morgan fingerprint density at radius 2 is 2.05 bits per heavy atom. The number of aryl methyl sites for hydroxylation is 1. The van der Waals surface area contributed by atoms with Crippen molar-refractivity contribution >= 4 is 0 Å². The quantitative estimate of drug-likeness (QED) is 0.746. The average molecular weight is 272 g/mol. The van der Waals surface area contributed by atoms with Crippen LogP contribution in [-0.4, -0.2) is 25.7 Å². The lowest BCUT2D eigenvalue weighted by atomic mass is 9.92. The molecule has 3 unspecified atom stereocenters. The van der Waals surface area contributed by atoms with Gasteiger partial charge < -0.3 is 10.6 Å². The van der Waals surface area contributed by atoms with E-state index in [1.807, 2.05) is 0 Å². The standard InChI is InChI=1S/C18H28N2/c1-13(2)20-11-5-10-19-12-17-16-9-8-14-6-3-4-7-15(14)18(16)17/h3-4,6-7,13,16-20H,5,8-12H2,1-2H3. The van der Waals surface area contributed by atoms with Gasteiger partial charge in [0.15, 0.2) is 0 Å². The summed E-state index contributed by atoms with van der Waals surface area (Å²) in [5, 5.41) is 7.14. The maximum Gasteiger partial charge on any atom is 0.00103 e. The SMILES string of the molecule is CC(C)NCCCNCC1C2CCc3ccccc3C21. The van der Waals surface area contributed by atoms with Crippen molar-refractivity contribution in [1.29, 1.82) is 0 Å². The maximum atomic E-state index is 3.67. The van der Waals surface area contributed by atoms with Crippen LogP contribution in [0.1, 0.15) is 43.7 Å². The summed E-state index contributed by atoms with van der Waals surface area (Å²) in [6, 6.07) is 9.70. The van der Waals surface area contributed by atoms with Crippen molar-refractivity contribution in [3.8, 4) is 0 Å². The Kier molecular flexibility index (Phi) is 4.42. The molecule has 2 N–H and O–H groups in total. The van der Waals surface area contributed by atoms with Crippen molar-refractivity contribution < 1.29 is 0 Å². The van der Waals surface area contributed by atoms with Gasteiger partial charge in [0.1, 0.15) is 0 Å². The number of rotatable bonds is 7. The van der Waals surface area contributed by atoms with Crippen LogP contribution in [-0.2, 0) is 6.42 Å². The third-order valence-electron chi connectivity index (χ3n) is 4.96. The zero-order valence-corrected chi connectivity index (χ0v) is 12.9. The summed E-state index contributed by atoms with van der Waals surface area (Å²) in [5.74, 6) is 2.73. The van der Waals surface area contributed by atoms with Crippen molar-refractivity contribution in [3.63, 3.8) is 0 Å². The van der Waals surface area contributed by atoms with E-state index in [1.165, 1.54) is 25.8 Å². The van der Waals surface area contributed by atoms with Gasteiger partial charge in [-0.3, -0.25) is 0 Å². The van der Waals surface area contributed by atoms with Crippen LogP contribution in [0, 0.1) is 11.8 Å². The van der Waals surface area contributed by atoms with Crippen LogP contribution in [0.25, 0.3) is 0 Å². The second-order valence-electron chi connectivity index (χ2n) is 6.76. The molecule has 2 heteroatoms. The lowest BCUT2D eigenvalue weighted by Gasteiger charge is -2.13. The molecule has 3 atom stereocenters. The van der Waals surface area contributed by atoms with Gasteiger partial charge in [0.25, 0.3) is 0 Å². The van der Waals surface area contributed by atoms with Crippen LogP contribution in [0.4, 0.5) is 0 Å². The summed E-state index contributed by atoms with van der Waals surface area (Å²) in [6.07, 6.45) is 3.94. The van der Waals surface area contributed by atoms with Crippen LogP contribution >= 0.6 is 0 Å². The molecule has 3 rings (SSSR count). The zero-order chi connectivity index (χ0) is 13.9. The third-order valence-corrected chi connectivity index (χ3v) is 4.96. The second-order valence-corrected chi connectivity index (χ2v) is 6.76. The van der Waals surface area contributed by atoms with Crippen LogP contribution in [0.15, 0.2) is 24.3 Å². The summed E-state index contributed by atoms with van der Waals surface area (Å²) in [7, 11) is 0. The Bertz CT molecular complexity index is 441. The Morgan fingerprint density at radius 1 is 1.20 bits per heavy atom. The van der Waals surface area contributed by atoms with E-state index in [-0.39, 0.29) is 0 Å². The molecule has 0 saturated heterocycles. The Morgan fingerprint density at radius 3 is 2.90 bits per heavy atom. The first-order valence-corrected chi connectivity index (χ1v) is 8.29. The fourth-order valence-electron chi connectivity index (χ4n) is 3.86. The highest BCUT2D eigenvalue weighted by molar-refractivity contribution is 5.39. The monoisotopic (exact) mass is 272 g/mol. The first-order chi connectivity index (χ1) is 9.77. The lowest BCUT2D eigenvalue weighted by Crippen LogP contribution is -2.27. The van der Waals surface area contributed by atoms with E-state index < -0.39 is 0 Å². The van der Waals surface area contributed by atoms with Crippen molar-refractivity contribution in [3.05, 3.63) is 35.4 Å². The second kappa shape index (κ2) is 6.28. The van der Waals surface area contributed by atoms with Gasteiger partial charge in [-0.1, -0.05) is 38.1 Å². The van der Waals surface area contributed by atoms with Crippen LogP contribution in [0.2, 0.25) is 0 Å². The topological polar surface area (TPSA) is 24.1 Å². The molecule has 110 valence electrons. The molecule has 0 aliphatic heterocycles. The van der Waals surface area contributed by atoms with Gasteiger partial charge in [-0.15, -0.1) is 0 Å². The molecule has 0 radical (unpaired) electrons. The Balaban J connectivity index is 1.39. The van der Waals surface area contributed by atoms with Crippen LogP contribution < -0.4 is 10.6 Å². The van der Waals surface area contributed by atoms with E-state index in [1.54, 1.807) is 11.1 Å². The molecule has 0 aromatic heterocycles. The van der Waals surface area contributed by atoms with Gasteiger partial charge >= 0.3 is 0 Å². The molecule has 1 aromatic carbocycles. The average Bonchev–Trinajstić information content (AvgIpc) is 3.16. The predicted molar refractivity (Wildman–Crippen MR) is 85.1 cm³/mol. The summed E-state index contributed by atoms with van der Waals surface area (Å²) in [6.45, 7) is 7.91. The molecule has 2 aliphatic rings. The molecular weight excluding hydrogens is 244 g/mol. The molecule has 0 spiro atoms. The number of nitrogens with one attached hydrogen (secondary N) is 2. The molecule has 0 heterocycles. The number of fused-ring (bicyclic) bond motifs is 3. The highest BCUT2D eigenvalue weighted by Gasteiger charge is 2.52. The van der Waals surface area contributed by atoms with Gasteiger partial charge in [-0.25, -0.2) is 0 Å². The molecular formula is C18H28N2. The normalized spacial score (nSPS) is 27.2. The van der Waals surface area contributed by atoms with Gasteiger partial charge in [-0.2, -0.15) is 0 Å². The molecule has 1 aromatic rings. The van der Waals surface area contributed by atoms with E-state index >= 15 is 0 Å². The molecule has 2 aliphatic carbocycles. The summed E-state index contributed by atoms with van der Waals surface area (Å²) in [4.78, 5) is 0. The van der Waals surface area contributed by atoms with Crippen LogP contribution in [0.3, 0.4) is 0 Å². The Hall–Kier alpha value is -0.860. The summed E-state index contributed by atoms with van der Waals surface area (Å²) < 4.78 is 0. The van der Waals surface area contributed by atoms with Crippen molar-refractivity contribution in [2.24, 2.45) is 11.8 Å². The zero-order valence-electron chi connectivity index (χ0n) is 12.9. The molecule has 1 fully saturated rings. The third kappa shape index (κ3) is 3.07. The van der Waals surface area contributed by atoms with E-state index in [0.717, 1.165) is 30.8 Å². The fourth-order valence-corrected chi connectivity index (χ4v) is 3.86. The summed E-state index contributed by atoms with van der Waals surface area (Å²) >= 11 is 0. The van der Waals surface area contributed by atoms with E-state index in [9.17, 15) is 0 Å². The van der Waals surface area contributed by atoms with Gasteiger partial charge in [0.2, 0.25) is 0 Å². The van der Waals surface area contributed by atoms with Crippen molar-refractivity contribution in [2.45, 2.75) is 45.1 Å². The van der Waals surface area contributed by atoms with Gasteiger partial charge in [0, 0.05) is 6.04 Å². The van der Waals surface area contributed by atoms with Crippen molar-refractivity contribution in [1.82, 2.24) is 10.6 Å².